The van der Waals surface area contributed by atoms with Crippen LogP contribution in [-0.4, -0.2) is 35.4 Å². The van der Waals surface area contributed by atoms with Gasteiger partial charge in [-0.25, -0.2) is 4.98 Å². The van der Waals surface area contributed by atoms with Gasteiger partial charge in [0.05, 0.1) is 5.56 Å². The van der Waals surface area contributed by atoms with Gasteiger partial charge in [0.25, 0.3) is 5.91 Å². The summed E-state index contributed by atoms with van der Waals surface area (Å²) in [5.41, 5.74) is 0.681. The van der Waals surface area contributed by atoms with E-state index in [1.807, 2.05) is 24.0 Å². The summed E-state index contributed by atoms with van der Waals surface area (Å²) in [6.45, 7) is 6.78. The van der Waals surface area contributed by atoms with Gasteiger partial charge in [0, 0.05) is 25.8 Å². The average molecular weight is 233 g/mol. The van der Waals surface area contributed by atoms with E-state index < -0.39 is 0 Å². The fraction of sp³-hybridized carbons (Fsp3) is 0.538. The molecule has 0 aliphatic carbocycles. The zero-order valence-corrected chi connectivity index (χ0v) is 10.4. The first-order chi connectivity index (χ1) is 8.20. The minimum Gasteiger partial charge on any atom is -0.370 e. The van der Waals surface area contributed by atoms with E-state index in [0.717, 1.165) is 31.9 Å². The van der Waals surface area contributed by atoms with Crippen molar-refractivity contribution in [2.45, 2.75) is 20.3 Å². The lowest BCUT2D eigenvalue weighted by Crippen LogP contribution is -2.28. The highest BCUT2D eigenvalue weighted by molar-refractivity contribution is 5.94. The summed E-state index contributed by atoms with van der Waals surface area (Å²) in [5, 5.41) is 3.11. The predicted molar refractivity (Wildman–Crippen MR) is 68.1 cm³/mol. The summed E-state index contributed by atoms with van der Waals surface area (Å²) < 4.78 is 0. The molecule has 92 valence electrons. The Hall–Kier alpha value is -1.58. The maximum atomic E-state index is 12.1. The molecule has 1 unspecified atom stereocenters. The number of aromatic nitrogens is 1. The Balaban J connectivity index is 2.04. The molecule has 4 nitrogen and oxygen atoms in total. The van der Waals surface area contributed by atoms with Crippen LogP contribution in [0.3, 0.4) is 0 Å². The highest BCUT2D eigenvalue weighted by Crippen LogP contribution is 2.18. The van der Waals surface area contributed by atoms with Gasteiger partial charge in [0.15, 0.2) is 0 Å². The van der Waals surface area contributed by atoms with Gasteiger partial charge in [-0.3, -0.25) is 4.79 Å². The molecule has 4 heteroatoms. The summed E-state index contributed by atoms with van der Waals surface area (Å²) >= 11 is 0. The van der Waals surface area contributed by atoms with Gasteiger partial charge < -0.3 is 10.2 Å². The topological polar surface area (TPSA) is 45.2 Å². The highest BCUT2D eigenvalue weighted by atomic mass is 16.2. The SMILES string of the molecule is CCNc1ccc(C(=O)N2CCC(C)C2)cn1. The van der Waals surface area contributed by atoms with Gasteiger partial charge >= 0.3 is 0 Å². The lowest BCUT2D eigenvalue weighted by Gasteiger charge is -2.15. The van der Waals surface area contributed by atoms with E-state index in [9.17, 15) is 4.79 Å². The van der Waals surface area contributed by atoms with E-state index in [4.69, 9.17) is 0 Å². The molecule has 1 atom stereocenters. The lowest BCUT2D eigenvalue weighted by atomic mass is 10.2. The smallest absolute Gasteiger partial charge is 0.255 e. The number of hydrogen-bond donors (Lipinski definition) is 1. The third-order valence-electron chi connectivity index (χ3n) is 3.08. The molecule has 1 aromatic heterocycles. The first-order valence-corrected chi connectivity index (χ1v) is 6.20. The zero-order chi connectivity index (χ0) is 12.3. The van der Waals surface area contributed by atoms with E-state index in [2.05, 4.69) is 17.2 Å². The third kappa shape index (κ3) is 2.75. The van der Waals surface area contributed by atoms with E-state index in [0.29, 0.717) is 11.5 Å². The second-order valence-corrected chi connectivity index (χ2v) is 4.61. The number of nitrogens with one attached hydrogen (secondary N) is 1. The van der Waals surface area contributed by atoms with Crippen LogP contribution in [0.5, 0.6) is 0 Å². The molecule has 0 radical (unpaired) electrons. The highest BCUT2D eigenvalue weighted by Gasteiger charge is 2.24. The van der Waals surface area contributed by atoms with Crippen LogP contribution >= 0.6 is 0 Å². The second kappa shape index (κ2) is 5.17. The van der Waals surface area contributed by atoms with Crippen LogP contribution in [-0.2, 0) is 0 Å². The maximum absolute atomic E-state index is 12.1. The Kier molecular flexibility index (Phi) is 3.61. The van der Waals surface area contributed by atoms with E-state index in [-0.39, 0.29) is 5.91 Å². The van der Waals surface area contributed by atoms with Gasteiger partial charge in [-0.2, -0.15) is 0 Å². The van der Waals surface area contributed by atoms with E-state index >= 15 is 0 Å². The molecule has 2 rings (SSSR count). The molecule has 1 aliphatic rings. The standard InChI is InChI=1S/C13H19N3O/c1-3-14-12-5-4-11(8-15-12)13(17)16-7-6-10(2)9-16/h4-5,8,10H,3,6-7,9H2,1-2H3,(H,14,15). The van der Waals surface area contributed by atoms with Crippen molar-refractivity contribution in [3.63, 3.8) is 0 Å². The molecule has 1 aromatic rings. The van der Waals surface area contributed by atoms with Crippen LogP contribution in [0.2, 0.25) is 0 Å². The van der Waals surface area contributed by atoms with Crippen LogP contribution in [0.25, 0.3) is 0 Å². The van der Waals surface area contributed by atoms with Gasteiger partial charge in [-0.1, -0.05) is 6.92 Å². The number of anilines is 1. The fourth-order valence-electron chi connectivity index (χ4n) is 2.11. The Labute approximate surface area is 102 Å². The number of amides is 1. The molecule has 1 aliphatic heterocycles. The van der Waals surface area contributed by atoms with Crippen LogP contribution in [0.1, 0.15) is 30.6 Å². The fourth-order valence-corrected chi connectivity index (χ4v) is 2.11. The Bertz CT molecular complexity index is 388. The van der Waals surface area contributed by atoms with Crippen LogP contribution in [0.15, 0.2) is 18.3 Å². The molecule has 0 spiro atoms. The minimum atomic E-state index is 0.102. The number of hydrogen-bond acceptors (Lipinski definition) is 3. The first-order valence-electron chi connectivity index (χ1n) is 6.20. The average Bonchev–Trinajstić information content (AvgIpc) is 2.76. The molecule has 0 bridgehead atoms. The number of pyridine rings is 1. The van der Waals surface area contributed by atoms with Crippen LogP contribution in [0.4, 0.5) is 5.82 Å². The quantitative estimate of drug-likeness (QED) is 0.868. The summed E-state index contributed by atoms with van der Waals surface area (Å²) in [5.74, 6) is 1.54. The van der Waals surface area contributed by atoms with Crippen molar-refractivity contribution < 1.29 is 4.79 Å². The Morgan fingerprint density at radius 1 is 1.59 bits per heavy atom. The first kappa shape index (κ1) is 11.9. The summed E-state index contributed by atoms with van der Waals surface area (Å²) in [6.07, 6.45) is 2.76. The van der Waals surface area contributed by atoms with Gasteiger partial charge in [0.2, 0.25) is 0 Å². The molecule has 0 aromatic carbocycles. The Morgan fingerprint density at radius 2 is 2.41 bits per heavy atom. The lowest BCUT2D eigenvalue weighted by molar-refractivity contribution is 0.0787. The van der Waals surface area contributed by atoms with Crippen molar-refractivity contribution in [1.29, 1.82) is 0 Å². The monoisotopic (exact) mass is 233 g/mol. The zero-order valence-electron chi connectivity index (χ0n) is 10.4. The van der Waals surface area contributed by atoms with E-state index in [1.165, 1.54) is 0 Å². The number of rotatable bonds is 3. The normalized spacial score (nSPS) is 19.4. The van der Waals surface area contributed by atoms with Crippen molar-refractivity contribution in [1.82, 2.24) is 9.88 Å². The van der Waals surface area contributed by atoms with Crippen LogP contribution in [0, 0.1) is 5.92 Å². The molecule has 1 fully saturated rings. The predicted octanol–water partition coefficient (Wildman–Crippen LogP) is 2.00. The van der Waals surface area contributed by atoms with Crippen LogP contribution < -0.4 is 5.32 Å². The molecule has 0 saturated carbocycles. The van der Waals surface area contributed by atoms with Crippen molar-refractivity contribution >= 4 is 11.7 Å². The summed E-state index contributed by atoms with van der Waals surface area (Å²) in [7, 11) is 0. The molecule has 2 heterocycles. The number of carbonyl (C=O) groups is 1. The van der Waals surface area contributed by atoms with Crippen molar-refractivity contribution in [3.05, 3.63) is 23.9 Å². The summed E-state index contributed by atoms with van der Waals surface area (Å²) in [6, 6.07) is 3.70. The molecule has 1 saturated heterocycles. The van der Waals surface area contributed by atoms with E-state index in [1.54, 1.807) is 6.20 Å². The minimum absolute atomic E-state index is 0.102. The van der Waals surface area contributed by atoms with Gasteiger partial charge in [0.1, 0.15) is 5.82 Å². The van der Waals surface area contributed by atoms with Gasteiger partial charge in [-0.05, 0) is 31.4 Å². The molecular weight excluding hydrogens is 214 g/mol. The molecule has 1 N–H and O–H groups in total. The Morgan fingerprint density at radius 3 is 2.94 bits per heavy atom. The molecule has 1 amide bonds. The number of nitrogens with zero attached hydrogens (tertiary/aromatic N) is 2. The maximum Gasteiger partial charge on any atom is 0.255 e. The van der Waals surface area contributed by atoms with Crippen molar-refractivity contribution in [3.8, 4) is 0 Å². The number of likely N-dealkylation sites (tertiary alicyclic amines) is 1. The number of carbonyl (C=O) groups excluding carboxylic acids is 1. The second-order valence-electron chi connectivity index (χ2n) is 4.61. The van der Waals surface area contributed by atoms with Gasteiger partial charge in [-0.15, -0.1) is 0 Å². The van der Waals surface area contributed by atoms with Crippen molar-refractivity contribution in [2.75, 3.05) is 25.0 Å². The molecule has 17 heavy (non-hydrogen) atoms. The van der Waals surface area contributed by atoms with Crippen molar-refractivity contribution in [2.24, 2.45) is 5.92 Å². The third-order valence-corrected chi connectivity index (χ3v) is 3.08. The summed E-state index contributed by atoms with van der Waals surface area (Å²) in [4.78, 5) is 18.3. The largest absolute Gasteiger partial charge is 0.370 e. The molecular formula is C13H19N3O.